The first-order valence-corrected chi connectivity index (χ1v) is 12.2. The summed E-state index contributed by atoms with van der Waals surface area (Å²) >= 11 is 4.75. The van der Waals surface area contributed by atoms with Crippen LogP contribution in [0.3, 0.4) is 0 Å². The Morgan fingerprint density at radius 3 is 2.50 bits per heavy atom. The Morgan fingerprint density at radius 2 is 1.83 bits per heavy atom. The summed E-state index contributed by atoms with van der Waals surface area (Å²) in [5, 5.41) is 12.3. The molecule has 1 N–H and O–H groups in total. The fourth-order valence-corrected chi connectivity index (χ4v) is 4.07. The summed E-state index contributed by atoms with van der Waals surface area (Å²) in [6.45, 7) is 6.68. The fraction of sp³-hybridized carbons (Fsp3) is 0.545. The van der Waals surface area contributed by atoms with Gasteiger partial charge in [0.2, 0.25) is 16.9 Å². The molecule has 0 aliphatic rings. The van der Waals surface area contributed by atoms with E-state index in [1.807, 2.05) is 36.1 Å². The number of anilines is 1. The molecule has 1 aromatic heterocycles. The highest BCUT2D eigenvalue weighted by atomic mass is 79.9. The van der Waals surface area contributed by atoms with Crippen molar-refractivity contribution >= 4 is 44.2 Å². The summed E-state index contributed by atoms with van der Waals surface area (Å²) in [7, 11) is 0. The van der Waals surface area contributed by atoms with Crippen molar-refractivity contribution < 1.29 is 9.59 Å². The molecular weight excluding hydrogens is 464 g/mol. The third-order valence-corrected chi connectivity index (χ3v) is 6.45. The molecule has 0 fully saturated rings. The van der Waals surface area contributed by atoms with Gasteiger partial charge in [0.05, 0.1) is 0 Å². The highest BCUT2D eigenvalue weighted by Gasteiger charge is 2.20. The Bertz CT molecular complexity index is 810. The predicted molar refractivity (Wildman–Crippen MR) is 127 cm³/mol. The van der Waals surface area contributed by atoms with E-state index in [9.17, 15) is 9.59 Å². The molecule has 8 heteroatoms. The van der Waals surface area contributed by atoms with Crippen LogP contribution in [0, 0.1) is 0 Å². The van der Waals surface area contributed by atoms with Gasteiger partial charge in [0.25, 0.3) is 0 Å². The van der Waals surface area contributed by atoms with Crippen molar-refractivity contribution in [2.24, 2.45) is 0 Å². The summed E-state index contributed by atoms with van der Waals surface area (Å²) < 4.78 is 0.995. The molecule has 1 atom stereocenters. The van der Waals surface area contributed by atoms with Crippen molar-refractivity contribution in [3.8, 4) is 10.6 Å². The third-order valence-electron chi connectivity index (χ3n) is 5.03. The van der Waals surface area contributed by atoms with E-state index < -0.39 is 0 Å². The maximum absolute atomic E-state index is 12.6. The van der Waals surface area contributed by atoms with Crippen molar-refractivity contribution in [1.29, 1.82) is 0 Å². The Labute approximate surface area is 191 Å². The van der Waals surface area contributed by atoms with Crippen molar-refractivity contribution in [2.45, 2.75) is 71.8 Å². The molecule has 0 radical (unpaired) electrons. The van der Waals surface area contributed by atoms with Crippen LogP contribution < -0.4 is 5.32 Å². The van der Waals surface area contributed by atoms with Gasteiger partial charge in [-0.25, -0.2) is 0 Å². The van der Waals surface area contributed by atoms with E-state index in [4.69, 9.17) is 0 Å². The molecule has 1 aromatic carbocycles. The minimum atomic E-state index is -0.152. The quantitative estimate of drug-likeness (QED) is 0.373. The zero-order chi connectivity index (χ0) is 21.9. The number of unbranched alkanes of at least 4 members (excludes halogenated alkanes) is 3. The van der Waals surface area contributed by atoms with Crippen molar-refractivity contribution in [1.82, 2.24) is 15.1 Å². The molecule has 2 aromatic rings. The number of nitrogens with one attached hydrogen (secondary N) is 1. The van der Waals surface area contributed by atoms with Gasteiger partial charge in [0.15, 0.2) is 0 Å². The molecular formula is C22H31BrN4O2S. The predicted octanol–water partition coefficient (Wildman–Crippen LogP) is 5.89. The highest BCUT2D eigenvalue weighted by molar-refractivity contribution is 9.10. The number of nitrogens with zero attached hydrogens (tertiary/aromatic N) is 3. The first-order chi connectivity index (χ1) is 14.4. The number of amides is 2. The molecule has 6 nitrogen and oxygen atoms in total. The number of benzene rings is 1. The SMILES string of the molecule is CCCCCCC(=O)N(CCC(=O)Nc1nnc(-c2ccc(Br)cc2)s1)C(C)CC. The maximum atomic E-state index is 12.6. The van der Waals surface area contributed by atoms with E-state index in [1.165, 1.54) is 11.3 Å². The van der Waals surface area contributed by atoms with Crippen LogP contribution in [0.25, 0.3) is 10.6 Å². The van der Waals surface area contributed by atoms with Gasteiger partial charge < -0.3 is 10.2 Å². The molecule has 0 aliphatic heterocycles. The summed E-state index contributed by atoms with van der Waals surface area (Å²) in [5.41, 5.74) is 0.952. The molecule has 2 rings (SSSR count). The molecule has 2 amide bonds. The minimum Gasteiger partial charge on any atom is -0.339 e. The number of hydrogen-bond acceptors (Lipinski definition) is 5. The molecule has 30 heavy (non-hydrogen) atoms. The molecule has 0 spiro atoms. The molecule has 0 saturated heterocycles. The van der Waals surface area contributed by atoms with Crippen molar-refractivity contribution in [2.75, 3.05) is 11.9 Å². The van der Waals surface area contributed by atoms with Gasteiger partial charge in [0.1, 0.15) is 5.01 Å². The van der Waals surface area contributed by atoms with E-state index in [-0.39, 0.29) is 24.3 Å². The first kappa shape index (κ1) is 24.5. The normalized spacial score (nSPS) is 11.9. The monoisotopic (exact) mass is 494 g/mol. The second kappa shape index (κ2) is 12.8. The second-order valence-electron chi connectivity index (χ2n) is 7.37. The standard InChI is InChI=1S/C22H31BrN4O2S/c1-4-6-7-8-9-20(29)27(16(3)5-2)15-14-19(28)24-22-26-25-21(30-22)17-10-12-18(23)13-11-17/h10-13,16H,4-9,14-15H2,1-3H3,(H,24,26,28). The van der Waals surface area contributed by atoms with Crippen LogP contribution in [0.5, 0.6) is 0 Å². The summed E-state index contributed by atoms with van der Waals surface area (Å²) in [4.78, 5) is 26.9. The summed E-state index contributed by atoms with van der Waals surface area (Å²) in [5.74, 6) is -0.0118. The summed E-state index contributed by atoms with van der Waals surface area (Å²) in [6, 6.07) is 7.91. The highest BCUT2D eigenvalue weighted by Crippen LogP contribution is 2.27. The lowest BCUT2D eigenvalue weighted by molar-refractivity contribution is -0.133. The van der Waals surface area contributed by atoms with Crippen molar-refractivity contribution in [3.63, 3.8) is 0 Å². The van der Waals surface area contributed by atoms with Gasteiger partial charge in [-0.05, 0) is 31.9 Å². The number of rotatable bonds is 12. The van der Waals surface area contributed by atoms with E-state index in [1.54, 1.807) is 0 Å². The lowest BCUT2D eigenvalue weighted by atomic mass is 10.1. The average Bonchev–Trinajstić information content (AvgIpc) is 3.20. The van der Waals surface area contributed by atoms with Crippen LogP contribution in [0.4, 0.5) is 5.13 Å². The number of carbonyl (C=O) groups excluding carboxylic acids is 2. The maximum Gasteiger partial charge on any atom is 0.227 e. The molecule has 1 unspecified atom stereocenters. The fourth-order valence-electron chi connectivity index (χ4n) is 3.04. The van der Waals surface area contributed by atoms with E-state index in [2.05, 4.69) is 45.3 Å². The van der Waals surface area contributed by atoms with Gasteiger partial charge in [-0.2, -0.15) is 0 Å². The zero-order valence-electron chi connectivity index (χ0n) is 18.0. The van der Waals surface area contributed by atoms with Crippen LogP contribution in [0.1, 0.15) is 65.7 Å². The first-order valence-electron chi connectivity index (χ1n) is 10.6. The Morgan fingerprint density at radius 1 is 1.10 bits per heavy atom. The van der Waals surface area contributed by atoms with E-state index >= 15 is 0 Å². The van der Waals surface area contributed by atoms with E-state index in [0.717, 1.165) is 47.1 Å². The average molecular weight is 495 g/mol. The lowest BCUT2D eigenvalue weighted by Crippen LogP contribution is -2.40. The van der Waals surface area contributed by atoms with Gasteiger partial charge in [-0.1, -0.05) is 72.5 Å². The molecule has 0 bridgehead atoms. The topological polar surface area (TPSA) is 75.2 Å². The smallest absolute Gasteiger partial charge is 0.227 e. The Balaban J connectivity index is 1.87. The Hall–Kier alpha value is -1.80. The Kier molecular flexibility index (Phi) is 10.4. The molecule has 1 heterocycles. The zero-order valence-corrected chi connectivity index (χ0v) is 20.4. The largest absolute Gasteiger partial charge is 0.339 e. The van der Waals surface area contributed by atoms with Crippen LogP contribution in [0.15, 0.2) is 28.7 Å². The van der Waals surface area contributed by atoms with Crippen LogP contribution in [0.2, 0.25) is 0 Å². The van der Waals surface area contributed by atoms with Crippen LogP contribution in [-0.4, -0.2) is 39.5 Å². The van der Waals surface area contributed by atoms with Gasteiger partial charge >= 0.3 is 0 Å². The molecule has 164 valence electrons. The number of aromatic nitrogens is 2. The van der Waals surface area contributed by atoms with Crippen LogP contribution >= 0.6 is 27.3 Å². The van der Waals surface area contributed by atoms with Gasteiger partial charge in [-0.3, -0.25) is 9.59 Å². The second-order valence-corrected chi connectivity index (χ2v) is 9.27. The molecule has 0 aliphatic carbocycles. The van der Waals surface area contributed by atoms with Crippen LogP contribution in [-0.2, 0) is 9.59 Å². The molecule has 0 saturated carbocycles. The van der Waals surface area contributed by atoms with Gasteiger partial charge in [0, 0.05) is 35.5 Å². The number of hydrogen-bond donors (Lipinski definition) is 1. The number of halogens is 1. The van der Waals surface area contributed by atoms with Gasteiger partial charge in [-0.15, -0.1) is 10.2 Å². The minimum absolute atomic E-state index is 0.127. The summed E-state index contributed by atoms with van der Waals surface area (Å²) in [6.07, 6.45) is 5.97. The lowest BCUT2D eigenvalue weighted by Gasteiger charge is -2.28. The van der Waals surface area contributed by atoms with Crippen molar-refractivity contribution in [3.05, 3.63) is 28.7 Å². The number of carbonyl (C=O) groups is 2. The third kappa shape index (κ3) is 7.80. The van der Waals surface area contributed by atoms with E-state index in [0.29, 0.717) is 18.1 Å².